The van der Waals surface area contributed by atoms with Gasteiger partial charge in [0.05, 0.1) is 5.56 Å². The number of hydrogen-bond acceptors (Lipinski definition) is 3. The molecule has 5 nitrogen and oxygen atoms in total. The van der Waals surface area contributed by atoms with Crippen LogP contribution in [0.2, 0.25) is 0 Å². The number of benzene rings is 2. The predicted octanol–water partition coefficient (Wildman–Crippen LogP) is 2.79. The van der Waals surface area contributed by atoms with Crippen molar-refractivity contribution in [1.29, 1.82) is 0 Å². The Morgan fingerprint density at radius 2 is 1.76 bits per heavy atom. The highest BCUT2D eigenvalue weighted by molar-refractivity contribution is 9.10. The molecule has 0 heterocycles. The summed E-state index contributed by atoms with van der Waals surface area (Å²) in [6.07, 6.45) is 0. The van der Waals surface area contributed by atoms with Gasteiger partial charge in [-0.3, -0.25) is 4.79 Å². The number of halogens is 1. The van der Waals surface area contributed by atoms with Crippen molar-refractivity contribution in [3.63, 3.8) is 0 Å². The van der Waals surface area contributed by atoms with Crippen LogP contribution in [-0.4, -0.2) is 17.0 Å². The maximum Gasteiger partial charge on any atom is 0.330 e. The largest absolute Gasteiger partial charge is 0.479 e. The highest BCUT2D eigenvalue weighted by atomic mass is 79.9. The minimum absolute atomic E-state index is 0.222. The Bertz CT molecular complexity index is 674. The maximum absolute atomic E-state index is 11.5. The Labute approximate surface area is 129 Å². The van der Waals surface area contributed by atoms with Crippen molar-refractivity contribution in [3.8, 4) is 0 Å². The van der Waals surface area contributed by atoms with Crippen molar-refractivity contribution >= 4 is 33.5 Å². The SMILES string of the molecule is NC(=O)c1c(Br)cccc1NC(C(=O)O)c1ccccc1. The molecule has 0 saturated carbocycles. The Hall–Kier alpha value is -2.34. The van der Waals surface area contributed by atoms with Gasteiger partial charge < -0.3 is 16.2 Å². The summed E-state index contributed by atoms with van der Waals surface area (Å²) in [5.41, 5.74) is 6.52. The zero-order chi connectivity index (χ0) is 15.4. The van der Waals surface area contributed by atoms with Gasteiger partial charge in [0.1, 0.15) is 0 Å². The second kappa shape index (κ2) is 6.41. The van der Waals surface area contributed by atoms with Gasteiger partial charge in [0.15, 0.2) is 6.04 Å². The van der Waals surface area contributed by atoms with Gasteiger partial charge in [0.2, 0.25) is 0 Å². The molecule has 1 unspecified atom stereocenters. The molecule has 6 heteroatoms. The minimum atomic E-state index is -1.04. The minimum Gasteiger partial charge on any atom is -0.479 e. The molecule has 108 valence electrons. The van der Waals surface area contributed by atoms with Gasteiger partial charge in [0, 0.05) is 10.2 Å². The molecule has 1 atom stereocenters. The first-order chi connectivity index (χ1) is 10.0. The van der Waals surface area contributed by atoms with Crippen LogP contribution in [0.15, 0.2) is 53.0 Å². The Balaban J connectivity index is 2.41. The van der Waals surface area contributed by atoms with Crippen molar-refractivity contribution in [2.45, 2.75) is 6.04 Å². The van der Waals surface area contributed by atoms with Gasteiger partial charge in [-0.2, -0.15) is 0 Å². The van der Waals surface area contributed by atoms with Crippen LogP contribution in [0.4, 0.5) is 5.69 Å². The maximum atomic E-state index is 11.5. The van der Waals surface area contributed by atoms with E-state index in [4.69, 9.17) is 5.73 Å². The van der Waals surface area contributed by atoms with E-state index in [2.05, 4.69) is 21.2 Å². The molecule has 0 radical (unpaired) electrons. The lowest BCUT2D eigenvalue weighted by Gasteiger charge is -2.18. The molecule has 4 N–H and O–H groups in total. The zero-order valence-electron chi connectivity index (χ0n) is 10.9. The fourth-order valence-electron chi connectivity index (χ4n) is 1.98. The molecule has 0 aliphatic heterocycles. The molecule has 0 spiro atoms. The summed E-state index contributed by atoms with van der Waals surface area (Å²) < 4.78 is 0.511. The Kier molecular flexibility index (Phi) is 4.59. The first-order valence-electron chi connectivity index (χ1n) is 6.13. The van der Waals surface area contributed by atoms with Crippen molar-refractivity contribution in [2.75, 3.05) is 5.32 Å². The fraction of sp³-hybridized carbons (Fsp3) is 0.0667. The van der Waals surface area contributed by atoms with Crippen LogP contribution >= 0.6 is 15.9 Å². The third kappa shape index (κ3) is 3.41. The molecule has 0 bridgehead atoms. The number of amides is 1. The lowest BCUT2D eigenvalue weighted by molar-refractivity contribution is -0.138. The van der Waals surface area contributed by atoms with Gasteiger partial charge in [-0.15, -0.1) is 0 Å². The van der Waals surface area contributed by atoms with Gasteiger partial charge in [-0.25, -0.2) is 4.79 Å². The molecule has 0 aromatic heterocycles. The van der Waals surface area contributed by atoms with E-state index in [0.29, 0.717) is 15.7 Å². The molecule has 0 fully saturated rings. The van der Waals surface area contributed by atoms with E-state index in [-0.39, 0.29) is 5.56 Å². The molecule has 1 amide bonds. The van der Waals surface area contributed by atoms with Gasteiger partial charge in [0.25, 0.3) is 5.91 Å². The number of rotatable bonds is 5. The number of primary amides is 1. The van der Waals surface area contributed by atoms with Gasteiger partial charge >= 0.3 is 5.97 Å². The number of carbonyl (C=O) groups is 2. The topological polar surface area (TPSA) is 92.4 Å². The molecule has 21 heavy (non-hydrogen) atoms. The Morgan fingerprint density at radius 3 is 2.33 bits per heavy atom. The lowest BCUT2D eigenvalue weighted by Crippen LogP contribution is -2.23. The molecule has 2 aromatic rings. The summed E-state index contributed by atoms with van der Waals surface area (Å²) in [5.74, 6) is -1.68. The predicted molar refractivity (Wildman–Crippen MR) is 83.1 cm³/mol. The number of anilines is 1. The smallest absolute Gasteiger partial charge is 0.330 e. The van der Waals surface area contributed by atoms with E-state index < -0.39 is 17.9 Å². The van der Waals surface area contributed by atoms with Crippen molar-refractivity contribution in [3.05, 3.63) is 64.1 Å². The number of carboxylic acid groups (broad SMARTS) is 1. The van der Waals surface area contributed by atoms with Gasteiger partial charge in [-0.05, 0) is 33.6 Å². The zero-order valence-corrected chi connectivity index (χ0v) is 12.5. The van der Waals surface area contributed by atoms with Crippen LogP contribution in [-0.2, 0) is 4.79 Å². The third-order valence-electron chi connectivity index (χ3n) is 2.94. The summed E-state index contributed by atoms with van der Waals surface area (Å²) in [7, 11) is 0. The molecule has 2 aromatic carbocycles. The van der Waals surface area contributed by atoms with Crippen molar-refractivity contribution in [2.24, 2.45) is 5.73 Å². The van der Waals surface area contributed by atoms with Crippen LogP contribution in [0.3, 0.4) is 0 Å². The van der Waals surface area contributed by atoms with Crippen LogP contribution in [0, 0.1) is 0 Å². The first kappa shape index (κ1) is 15.1. The highest BCUT2D eigenvalue weighted by Crippen LogP contribution is 2.28. The highest BCUT2D eigenvalue weighted by Gasteiger charge is 2.22. The van der Waals surface area contributed by atoms with Crippen LogP contribution in [0.25, 0.3) is 0 Å². The van der Waals surface area contributed by atoms with E-state index in [0.717, 1.165) is 0 Å². The van der Waals surface area contributed by atoms with E-state index >= 15 is 0 Å². The number of carboxylic acids is 1. The lowest BCUT2D eigenvalue weighted by atomic mass is 10.1. The summed E-state index contributed by atoms with van der Waals surface area (Å²) >= 11 is 3.24. The standard InChI is InChI=1S/C15H13BrN2O3/c16-10-7-4-8-11(12(10)14(17)19)18-13(15(20)21)9-5-2-1-3-6-9/h1-8,13,18H,(H2,17,19)(H,20,21). The van der Waals surface area contributed by atoms with E-state index in [1.165, 1.54) is 0 Å². The van der Waals surface area contributed by atoms with Crippen LogP contribution < -0.4 is 11.1 Å². The number of nitrogens with one attached hydrogen (secondary N) is 1. The van der Waals surface area contributed by atoms with Crippen LogP contribution in [0.1, 0.15) is 22.0 Å². The average molecular weight is 349 g/mol. The fourth-order valence-corrected chi connectivity index (χ4v) is 2.55. The second-order valence-electron chi connectivity index (χ2n) is 4.35. The molecular weight excluding hydrogens is 336 g/mol. The number of carbonyl (C=O) groups excluding carboxylic acids is 1. The van der Waals surface area contributed by atoms with Crippen LogP contribution in [0.5, 0.6) is 0 Å². The second-order valence-corrected chi connectivity index (χ2v) is 5.21. The number of hydrogen-bond donors (Lipinski definition) is 3. The van der Waals surface area contributed by atoms with Crippen molar-refractivity contribution < 1.29 is 14.7 Å². The molecule has 2 rings (SSSR count). The average Bonchev–Trinajstić information content (AvgIpc) is 2.45. The normalized spacial score (nSPS) is 11.7. The third-order valence-corrected chi connectivity index (χ3v) is 3.60. The molecular formula is C15H13BrN2O3. The van der Waals surface area contributed by atoms with Gasteiger partial charge in [-0.1, -0.05) is 36.4 Å². The Morgan fingerprint density at radius 1 is 1.10 bits per heavy atom. The summed E-state index contributed by atoms with van der Waals surface area (Å²) in [6.45, 7) is 0. The molecule has 0 aliphatic carbocycles. The monoisotopic (exact) mass is 348 g/mol. The van der Waals surface area contributed by atoms with E-state index in [1.54, 1.807) is 48.5 Å². The summed E-state index contributed by atoms with van der Waals surface area (Å²) in [6, 6.07) is 12.7. The first-order valence-corrected chi connectivity index (χ1v) is 6.92. The number of nitrogens with two attached hydrogens (primary N) is 1. The summed E-state index contributed by atoms with van der Waals surface area (Å²) in [5, 5.41) is 12.3. The summed E-state index contributed by atoms with van der Waals surface area (Å²) in [4.78, 5) is 23.0. The van der Waals surface area contributed by atoms with Crippen molar-refractivity contribution in [1.82, 2.24) is 0 Å². The quantitative estimate of drug-likeness (QED) is 0.774. The number of aliphatic carboxylic acids is 1. The molecule has 0 aliphatic rings. The van der Waals surface area contributed by atoms with E-state index in [9.17, 15) is 14.7 Å². The molecule has 0 saturated heterocycles. The van der Waals surface area contributed by atoms with E-state index in [1.807, 2.05) is 0 Å².